The Labute approximate surface area is 138 Å². The van der Waals surface area contributed by atoms with E-state index in [0.717, 1.165) is 10.9 Å². The highest BCUT2D eigenvalue weighted by Crippen LogP contribution is 2.33. The van der Waals surface area contributed by atoms with Gasteiger partial charge >= 0.3 is 0 Å². The molecule has 8 heteroatoms. The van der Waals surface area contributed by atoms with Crippen molar-refractivity contribution in [3.05, 3.63) is 42.2 Å². The van der Waals surface area contributed by atoms with Gasteiger partial charge < -0.3 is 13.5 Å². The molecule has 0 aliphatic heterocycles. The van der Waals surface area contributed by atoms with E-state index in [1.165, 1.54) is 11.8 Å². The lowest BCUT2D eigenvalue weighted by molar-refractivity contribution is 0.364. The van der Waals surface area contributed by atoms with Gasteiger partial charge in [-0.1, -0.05) is 37.7 Å². The molecule has 0 saturated carbocycles. The first-order chi connectivity index (χ1) is 10.9. The molecule has 7 nitrogen and oxygen atoms in total. The molecule has 0 aliphatic carbocycles. The Balaban J connectivity index is 1.72. The summed E-state index contributed by atoms with van der Waals surface area (Å²) in [5.74, 6) is 2.15. The lowest BCUT2D eigenvalue weighted by Crippen LogP contribution is -2.13. The third-order valence-corrected chi connectivity index (χ3v) is 4.31. The van der Waals surface area contributed by atoms with Crippen LogP contribution in [0.3, 0.4) is 0 Å². The number of hydrogen-bond donors (Lipinski definition) is 0. The Hall–Kier alpha value is -2.09. The van der Waals surface area contributed by atoms with E-state index in [4.69, 9.17) is 8.94 Å². The molecule has 3 aromatic rings. The van der Waals surface area contributed by atoms with Crippen LogP contribution in [0, 0.1) is 0 Å². The standard InChI is InChI=1S/C15H19N5O2S/c1-10(12-17-13(19-22-12)15(2,3)4)23-14-18-16-9-20(14)8-11-6-5-7-21-11/h5-7,9-10H,8H2,1-4H3. The Kier molecular flexibility index (Phi) is 4.25. The van der Waals surface area contributed by atoms with Crippen LogP contribution in [0.2, 0.25) is 0 Å². The van der Waals surface area contributed by atoms with Crippen molar-refractivity contribution in [2.24, 2.45) is 0 Å². The van der Waals surface area contributed by atoms with Crippen LogP contribution in [-0.2, 0) is 12.0 Å². The van der Waals surface area contributed by atoms with Crippen LogP contribution in [-0.4, -0.2) is 24.9 Å². The molecule has 0 radical (unpaired) electrons. The van der Waals surface area contributed by atoms with Crippen molar-refractivity contribution in [1.29, 1.82) is 0 Å². The van der Waals surface area contributed by atoms with E-state index in [-0.39, 0.29) is 10.7 Å². The Morgan fingerprint density at radius 3 is 2.83 bits per heavy atom. The van der Waals surface area contributed by atoms with Crippen LogP contribution in [0.4, 0.5) is 0 Å². The lowest BCUT2D eigenvalue weighted by atomic mass is 9.96. The minimum absolute atomic E-state index is 0.0156. The monoisotopic (exact) mass is 333 g/mol. The van der Waals surface area contributed by atoms with Crippen molar-refractivity contribution in [2.75, 3.05) is 0 Å². The SMILES string of the molecule is CC(Sc1nncn1Cc1ccco1)c1nc(C(C)(C)C)no1. The summed E-state index contributed by atoms with van der Waals surface area (Å²) in [6, 6.07) is 3.78. The highest BCUT2D eigenvalue weighted by atomic mass is 32.2. The minimum Gasteiger partial charge on any atom is -0.467 e. The molecule has 0 N–H and O–H groups in total. The van der Waals surface area contributed by atoms with Crippen molar-refractivity contribution < 1.29 is 8.94 Å². The second-order valence-electron chi connectivity index (χ2n) is 6.29. The zero-order valence-corrected chi connectivity index (χ0v) is 14.4. The summed E-state index contributed by atoms with van der Waals surface area (Å²) < 4.78 is 12.7. The third-order valence-electron chi connectivity index (χ3n) is 3.23. The fourth-order valence-electron chi connectivity index (χ4n) is 1.93. The van der Waals surface area contributed by atoms with Gasteiger partial charge in [-0.3, -0.25) is 0 Å². The molecule has 0 fully saturated rings. The molecule has 0 saturated heterocycles. The van der Waals surface area contributed by atoms with E-state index in [9.17, 15) is 0 Å². The summed E-state index contributed by atoms with van der Waals surface area (Å²) in [5.41, 5.74) is -0.133. The highest BCUT2D eigenvalue weighted by Gasteiger charge is 2.24. The number of rotatable bonds is 5. The number of nitrogens with zero attached hydrogens (tertiary/aromatic N) is 5. The van der Waals surface area contributed by atoms with Crippen LogP contribution < -0.4 is 0 Å². The Morgan fingerprint density at radius 1 is 1.35 bits per heavy atom. The topological polar surface area (TPSA) is 82.8 Å². The van der Waals surface area contributed by atoms with Crippen LogP contribution >= 0.6 is 11.8 Å². The molecule has 1 unspecified atom stereocenters. The largest absolute Gasteiger partial charge is 0.467 e. The number of hydrogen-bond acceptors (Lipinski definition) is 7. The molecule has 0 aliphatic rings. The number of furan rings is 1. The maximum absolute atomic E-state index is 5.39. The minimum atomic E-state index is -0.133. The maximum atomic E-state index is 5.39. The first-order valence-electron chi connectivity index (χ1n) is 7.34. The first-order valence-corrected chi connectivity index (χ1v) is 8.22. The summed E-state index contributed by atoms with van der Waals surface area (Å²) in [7, 11) is 0. The second-order valence-corrected chi connectivity index (χ2v) is 7.60. The predicted molar refractivity (Wildman–Crippen MR) is 85.1 cm³/mol. The smallest absolute Gasteiger partial charge is 0.239 e. The molecule has 23 heavy (non-hydrogen) atoms. The van der Waals surface area contributed by atoms with Crippen molar-refractivity contribution in [3.8, 4) is 0 Å². The maximum Gasteiger partial charge on any atom is 0.239 e. The fourth-order valence-corrected chi connectivity index (χ4v) is 2.78. The van der Waals surface area contributed by atoms with E-state index >= 15 is 0 Å². The van der Waals surface area contributed by atoms with Gasteiger partial charge in [0, 0.05) is 5.41 Å². The van der Waals surface area contributed by atoms with Crippen LogP contribution in [0.1, 0.15) is 50.4 Å². The molecule has 3 aromatic heterocycles. The average molecular weight is 333 g/mol. The van der Waals surface area contributed by atoms with Crippen molar-refractivity contribution in [1.82, 2.24) is 24.9 Å². The quantitative estimate of drug-likeness (QED) is 0.661. The van der Waals surface area contributed by atoms with Gasteiger partial charge in [0.05, 0.1) is 18.1 Å². The van der Waals surface area contributed by atoms with Gasteiger partial charge in [0.1, 0.15) is 12.1 Å². The van der Waals surface area contributed by atoms with Crippen molar-refractivity contribution in [3.63, 3.8) is 0 Å². The second kappa shape index (κ2) is 6.19. The van der Waals surface area contributed by atoms with Gasteiger partial charge in [-0.25, -0.2) is 0 Å². The summed E-state index contributed by atoms with van der Waals surface area (Å²) >= 11 is 1.53. The molecule has 0 aromatic carbocycles. The van der Waals surface area contributed by atoms with Crippen LogP contribution in [0.25, 0.3) is 0 Å². The molecular formula is C15H19N5O2S. The molecule has 0 spiro atoms. The zero-order chi connectivity index (χ0) is 16.4. The van der Waals surface area contributed by atoms with Crippen LogP contribution in [0.5, 0.6) is 0 Å². The molecule has 0 amide bonds. The summed E-state index contributed by atoms with van der Waals surface area (Å²) in [6.45, 7) is 8.76. The number of aromatic nitrogens is 5. The van der Waals surface area contributed by atoms with E-state index in [1.54, 1.807) is 12.6 Å². The Bertz CT molecular complexity index is 757. The summed E-state index contributed by atoms with van der Waals surface area (Å²) in [6.07, 6.45) is 3.34. The highest BCUT2D eigenvalue weighted by molar-refractivity contribution is 7.99. The summed E-state index contributed by atoms with van der Waals surface area (Å²) in [5, 5.41) is 13.0. The molecule has 3 rings (SSSR count). The molecular weight excluding hydrogens is 314 g/mol. The van der Waals surface area contributed by atoms with E-state index in [0.29, 0.717) is 18.3 Å². The predicted octanol–water partition coefficient (Wildman–Crippen LogP) is 3.45. The molecule has 1 atom stereocenters. The molecule has 0 bridgehead atoms. The third kappa shape index (κ3) is 3.64. The fraction of sp³-hybridized carbons (Fsp3) is 0.467. The van der Waals surface area contributed by atoms with Gasteiger partial charge in [-0.2, -0.15) is 4.98 Å². The van der Waals surface area contributed by atoms with Gasteiger partial charge in [-0.05, 0) is 19.1 Å². The average Bonchev–Trinajstić information content (AvgIpc) is 3.20. The molecule has 122 valence electrons. The van der Waals surface area contributed by atoms with Crippen molar-refractivity contribution in [2.45, 2.75) is 50.1 Å². The number of thioether (sulfide) groups is 1. The van der Waals surface area contributed by atoms with Gasteiger partial charge in [-0.15, -0.1) is 10.2 Å². The van der Waals surface area contributed by atoms with Gasteiger partial charge in [0.15, 0.2) is 11.0 Å². The van der Waals surface area contributed by atoms with E-state index in [2.05, 4.69) is 41.1 Å². The first kappa shape index (κ1) is 15.8. The van der Waals surface area contributed by atoms with Crippen molar-refractivity contribution >= 4 is 11.8 Å². The zero-order valence-electron chi connectivity index (χ0n) is 13.6. The normalized spacial score (nSPS) is 13.4. The van der Waals surface area contributed by atoms with Gasteiger partial charge in [0.25, 0.3) is 0 Å². The van der Waals surface area contributed by atoms with E-state index in [1.807, 2.05) is 23.6 Å². The Morgan fingerprint density at radius 2 is 2.17 bits per heavy atom. The summed E-state index contributed by atoms with van der Waals surface area (Å²) in [4.78, 5) is 4.49. The van der Waals surface area contributed by atoms with Gasteiger partial charge in [0.2, 0.25) is 5.89 Å². The van der Waals surface area contributed by atoms with Crippen LogP contribution in [0.15, 0.2) is 38.8 Å². The van der Waals surface area contributed by atoms with E-state index < -0.39 is 0 Å². The molecule has 3 heterocycles. The lowest BCUT2D eigenvalue weighted by Gasteiger charge is -2.11.